The molecule has 0 atom stereocenters. The molecule has 0 aliphatic rings. The van der Waals surface area contributed by atoms with E-state index in [9.17, 15) is 4.79 Å². The zero-order chi connectivity index (χ0) is 11.3. The first kappa shape index (κ1) is 11.2. The summed E-state index contributed by atoms with van der Waals surface area (Å²) in [5.74, 6) is 1.11. The Bertz CT molecular complexity index is 330. The summed E-state index contributed by atoms with van der Waals surface area (Å²) in [7, 11) is 4.60. The number of amides is 2. The minimum atomic E-state index is -0.321. The number of hydrogen-bond donors (Lipinski definition) is 2. The highest BCUT2D eigenvalue weighted by molar-refractivity contribution is 5.92. The maximum absolute atomic E-state index is 11.2. The van der Waals surface area contributed by atoms with Gasteiger partial charge in [0.1, 0.15) is 17.2 Å². The van der Waals surface area contributed by atoms with Crippen molar-refractivity contribution in [2.24, 2.45) is 0 Å². The maximum Gasteiger partial charge on any atom is 0.319 e. The molecule has 0 aromatic heterocycles. The molecule has 0 saturated heterocycles. The van der Waals surface area contributed by atoms with Gasteiger partial charge in [0.2, 0.25) is 0 Å². The van der Waals surface area contributed by atoms with Crippen LogP contribution >= 0.6 is 0 Å². The Morgan fingerprint density at radius 1 is 1.20 bits per heavy atom. The zero-order valence-electron chi connectivity index (χ0n) is 8.96. The molecule has 1 rings (SSSR count). The first-order chi connectivity index (χ1) is 7.22. The Kier molecular flexibility index (Phi) is 3.79. The van der Waals surface area contributed by atoms with E-state index in [2.05, 4.69) is 10.6 Å². The summed E-state index contributed by atoms with van der Waals surface area (Å²) in [6.45, 7) is 0. The summed E-state index contributed by atoms with van der Waals surface area (Å²) in [4.78, 5) is 11.2. The predicted molar refractivity (Wildman–Crippen MR) is 57.6 cm³/mol. The minimum absolute atomic E-state index is 0.321. The van der Waals surface area contributed by atoms with Crippen molar-refractivity contribution < 1.29 is 14.3 Å². The molecule has 0 unspecified atom stereocenters. The summed E-state index contributed by atoms with van der Waals surface area (Å²) in [5, 5.41) is 5.09. The van der Waals surface area contributed by atoms with E-state index in [1.54, 1.807) is 18.2 Å². The van der Waals surface area contributed by atoms with Crippen LogP contribution in [0.2, 0.25) is 0 Å². The molecule has 0 spiro atoms. The SMILES string of the molecule is CNC(=O)Nc1c(OC)cccc1OC. The van der Waals surface area contributed by atoms with Crippen molar-refractivity contribution in [3.05, 3.63) is 18.2 Å². The number of ether oxygens (including phenoxy) is 2. The van der Waals surface area contributed by atoms with Crippen molar-refractivity contribution >= 4 is 11.7 Å². The van der Waals surface area contributed by atoms with E-state index in [1.807, 2.05) is 0 Å². The Hall–Kier alpha value is -1.91. The number of methoxy groups -OCH3 is 2. The van der Waals surface area contributed by atoms with E-state index in [1.165, 1.54) is 21.3 Å². The normalized spacial score (nSPS) is 9.27. The predicted octanol–water partition coefficient (Wildman–Crippen LogP) is 1.46. The second kappa shape index (κ2) is 5.09. The average molecular weight is 210 g/mol. The van der Waals surface area contributed by atoms with E-state index >= 15 is 0 Å². The molecular formula is C10H14N2O3. The van der Waals surface area contributed by atoms with Crippen molar-refractivity contribution in [1.29, 1.82) is 0 Å². The summed E-state index contributed by atoms with van der Waals surface area (Å²) in [6, 6.07) is 4.95. The van der Waals surface area contributed by atoms with E-state index in [0.717, 1.165) is 0 Å². The molecule has 0 bridgehead atoms. The third-order valence-electron chi connectivity index (χ3n) is 1.89. The molecule has 1 aromatic carbocycles. The molecule has 5 heteroatoms. The topological polar surface area (TPSA) is 59.6 Å². The number of anilines is 1. The van der Waals surface area contributed by atoms with Gasteiger partial charge in [-0.1, -0.05) is 6.07 Å². The van der Waals surface area contributed by atoms with Gasteiger partial charge in [-0.05, 0) is 12.1 Å². The van der Waals surface area contributed by atoms with Gasteiger partial charge in [0.25, 0.3) is 0 Å². The van der Waals surface area contributed by atoms with Gasteiger partial charge in [0.05, 0.1) is 14.2 Å². The standard InChI is InChI=1S/C10H14N2O3/c1-11-10(13)12-9-7(14-2)5-4-6-8(9)15-3/h4-6H,1-3H3,(H2,11,12,13). The Balaban J connectivity index is 3.05. The molecule has 0 saturated carbocycles. The van der Waals surface area contributed by atoms with Crippen LogP contribution in [0.1, 0.15) is 0 Å². The monoisotopic (exact) mass is 210 g/mol. The summed E-state index contributed by atoms with van der Waals surface area (Å²) >= 11 is 0. The fourth-order valence-electron chi connectivity index (χ4n) is 1.15. The summed E-state index contributed by atoms with van der Waals surface area (Å²) < 4.78 is 10.2. The molecule has 0 radical (unpaired) electrons. The lowest BCUT2D eigenvalue weighted by atomic mass is 10.2. The van der Waals surface area contributed by atoms with Crippen LogP contribution in [-0.4, -0.2) is 27.3 Å². The second-order valence-electron chi connectivity index (χ2n) is 2.74. The van der Waals surface area contributed by atoms with Gasteiger partial charge < -0.3 is 20.1 Å². The van der Waals surface area contributed by atoms with Gasteiger partial charge >= 0.3 is 6.03 Å². The van der Waals surface area contributed by atoms with Crippen molar-refractivity contribution in [3.8, 4) is 11.5 Å². The molecule has 0 aliphatic carbocycles. The Morgan fingerprint density at radius 3 is 2.13 bits per heavy atom. The molecule has 1 aromatic rings. The molecule has 82 valence electrons. The number of carbonyl (C=O) groups is 1. The van der Waals surface area contributed by atoms with Crippen LogP contribution in [0, 0.1) is 0 Å². The Morgan fingerprint density at radius 2 is 1.73 bits per heavy atom. The van der Waals surface area contributed by atoms with E-state index in [0.29, 0.717) is 17.2 Å². The van der Waals surface area contributed by atoms with Gasteiger partial charge in [0, 0.05) is 7.05 Å². The van der Waals surface area contributed by atoms with Gasteiger partial charge in [0.15, 0.2) is 0 Å². The molecule has 2 amide bonds. The molecule has 0 aliphatic heterocycles. The number of nitrogens with one attached hydrogen (secondary N) is 2. The van der Waals surface area contributed by atoms with E-state index in [4.69, 9.17) is 9.47 Å². The maximum atomic E-state index is 11.2. The van der Waals surface area contributed by atoms with Crippen LogP contribution in [0.3, 0.4) is 0 Å². The first-order valence-electron chi connectivity index (χ1n) is 4.42. The van der Waals surface area contributed by atoms with Crippen molar-refractivity contribution in [3.63, 3.8) is 0 Å². The third-order valence-corrected chi connectivity index (χ3v) is 1.89. The largest absolute Gasteiger partial charge is 0.494 e. The zero-order valence-corrected chi connectivity index (χ0v) is 8.96. The molecule has 2 N–H and O–H groups in total. The van der Waals surface area contributed by atoms with Crippen LogP contribution < -0.4 is 20.1 Å². The molecule has 5 nitrogen and oxygen atoms in total. The fourth-order valence-corrected chi connectivity index (χ4v) is 1.15. The van der Waals surface area contributed by atoms with Gasteiger partial charge in [-0.3, -0.25) is 0 Å². The summed E-state index contributed by atoms with van der Waals surface area (Å²) in [6.07, 6.45) is 0. The molecule has 0 heterocycles. The van der Waals surface area contributed by atoms with Crippen LogP contribution in [0.25, 0.3) is 0 Å². The number of carbonyl (C=O) groups excluding carboxylic acids is 1. The van der Waals surface area contributed by atoms with Crippen LogP contribution in [0.5, 0.6) is 11.5 Å². The number of benzene rings is 1. The smallest absolute Gasteiger partial charge is 0.319 e. The highest BCUT2D eigenvalue weighted by Gasteiger charge is 2.11. The highest BCUT2D eigenvalue weighted by atomic mass is 16.5. The second-order valence-corrected chi connectivity index (χ2v) is 2.74. The quantitative estimate of drug-likeness (QED) is 0.793. The first-order valence-corrected chi connectivity index (χ1v) is 4.42. The van der Waals surface area contributed by atoms with Crippen LogP contribution in [0.4, 0.5) is 10.5 Å². The molecular weight excluding hydrogens is 196 g/mol. The van der Waals surface area contributed by atoms with Crippen molar-refractivity contribution in [2.75, 3.05) is 26.6 Å². The lowest BCUT2D eigenvalue weighted by Crippen LogP contribution is -2.25. The number of rotatable bonds is 3. The van der Waals surface area contributed by atoms with Crippen LogP contribution in [0.15, 0.2) is 18.2 Å². The lowest BCUT2D eigenvalue weighted by molar-refractivity contribution is 0.253. The van der Waals surface area contributed by atoms with Gasteiger partial charge in [-0.15, -0.1) is 0 Å². The van der Waals surface area contributed by atoms with E-state index < -0.39 is 0 Å². The lowest BCUT2D eigenvalue weighted by Gasteiger charge is -2.13. The average Bonchev–Trinajstić information content (AvgIpc) is 2.29. The van der Waals surface area contributed by atoms with Crippen LogP contribution in [-0.2, 0) is 0 Å². The fraction of sp³-hybridized carbons (Fsp3) is 0.300. The van der Waals surface area contributed by atoms with E-state index in [-0.39, 0.29) is 6.03 Å². The molecule has 15 heavy (non-hydrogen) atoms. The number of hydrogen-bond acceptors (Lipinski definition) is 3. The van der Waals surface area contributed by atoms with Gasteiger partial charge in [-0.25, -0.2) is 4.79 Å². The Labute approximate surface area is 88.4 Å². The minimum Gasteiger partial charge on any atom is -0.494 e. The van der Waals surface area contributed by atoms with Gasteiger partial charge in [-0.2, -0.15) is 0 Å². The molecule has 0 fully saturated rings. The van der Waals surface area contributed by atoms with Crippen molar-refractivity contribution in [1.82, 2.24) is 5.32 Å². The van der Waals surface area contributed by atoms with Crippen molar-refractivity contribution in [2.45, 2.75) is 0 Å². The highest BCUT2D eigenvalue weighted by Crippen LogP contribution is 2.33. The summed E-state index contributed by atoms with van der Waals surface area (Å²) in [5.41, 5.74) is 0.516. The number of urea groups is 1. The number of para-hydroxylation sites is 1. The third kappa shape index (κ3) is 2.52.